The third-order valence-electron chi connectivity index (χ3n) is 3.13. The molecule has 4 heteroatoms. The van der Waals surface area contributed by atoms with Crippen molar-refractivity contribution in [1.29, 1.82) is 0 Å². The zero-order valence-corrected chi connectivity index (χ0v) is 10.2. The SMILES string of the molecule is Cc1ccc(-c2cnc(CNC3CC3)o2)cc1F. The largest absolute Gasteiger partial charge is 0.439 e. The van der Waals surface area contributed by atoms with Crippen LogP contribution in [0.4, 0.5) is 4.39 Å². The normalized spacial score (nSPS) is 15.0. The summed E-state index contributed by atoms with van der Waals surface area (Å²) in [4.78, 5) is 4.19. The summed E-state index contributed by atoms with van der Waals surface area (Å²) in [6.45, 7) is 2.38. The van der Waals surface area contributed by atoms with Gasteiger partial charge in [-0.15, -0.1) is 0 Å². The molecule has 94 valence electrons. The third kappa shape index (κ3) is 2.43. The second-order valence-corrected chi connectivity index (χ2v) is 4.74. The lowest BCUT2D eigenvalue weighted by atomic mass is 10.1. The van der Waals surface area contributed by atoms with Gasteiger partial charge in [-0.2, -0.15) is 0 Å². The molecule has 0 amide bonds. The van der Waals surface area contributed by atoms with Crippen LogP contribution in [0, 0.1) is 12.7 Å². The smallest absolute Gasteiger partial charge is 0.208 e. The highest BCUT2D eigenvalue weighted by atomic mass is 19.1. The average molecular weight is 246 g/mol. The molecule has 0 spiro atoms. The molecule has 1 saturated carbocycles. The van der Waals surface area contributed by atoms with Crippen molar-refractivity contribution in [2.24, 2.45) is 0 Å². The molecule has 1 aliphatic rings. The molecule has 1 heterocycles. The number of nitrogens with zero attached hydrogens (tertiary/aromatic N) is 1. The molecule has 0 atom stereocenters. The van der Waals surface area contributed by atoms with Gasteiger partial charge >= 0.3 is 0 Å². The first-order valence-electron chi connectivity index (χ1n) is 6.17. The molecule has 1 aromatic carbocycles. The fourth-order valence-electron chi connectivity index (χ4n) is 1.79. The summed E-state index contributed by atoms with van der Waals surface area (Å²) < 4.78 is 19.1. The predicted molar refractivity (Wildman–Crippen MR) is 66.5 cm³/mol. The summed E-state index contributed by atoms with van der Waals surface area (Å²) in [5.74, 6) is 1.04. The minimum absolute atomic E-state index is 0.221. The lowest BCUT2D eigenvalue weighted by Gasteiger charge is -2.00. The maximum Gasteiger partial charge on any atom is 0.208 e. The van der Waals surface area contributed by atoms with E-state index in [0.717, 1.165) is 5.56 Å². The van der Waals surface area contributed by atoms with Crippen LogP contribution in [0.1, 0.15) is 24.3 Å². The number of hydrogen-bond donors (Lipinski definition) is 1. The molecule has 3 nitrogen and oxygen atoms in total. The van der Waals surface area contributed by atoms with Crippen LogP contribution in [0.25, 0.3) is 11.3 Å². The third-order valence-corrected chi connectivity index (χ3v) is 3.13. The summed E-state index contributed by atoms with van der Waals surface area (Å²) in [7, 11) is 0. The van der Waals surface area contributed by atoms with Crippen molar-refractivity contribution in [1.82, 2.24) is 10.3 Å². The van der Waals surface area contributed by atoms with E-state index in [2.05, 4.69) is 10.3 Å². The van der Waals surface area contributed by atoms with Gasteiger partial charge in [0.25, 0.3) is 0 Å². The van der Waals surface area contributed by atoms with Crippen LogP contribution in [0.15, 0.2) is 28.8 Å². The number of halogens is 1. The Balaban J connectivity index is 1.76. The minimum atomic E-state index is -0.221. The standard InChI is InChI=1S/C14H15FN2O/c1-9-2-3-10(6-12(9)15)13-7-17-14(18-13)8-16-11-4-5-11/h2-3,6-7,11,16H,4-5,8H2,1H3. The molecule has 0 saturated heterocycles. The minimum Gasteiger partial charge on any atom is -0.439 e. The summed E-state index contributed by atoms with van der Waals surface area (Å²) in [5.41, 5.74) is 1.36. The van der Waals surface area contributed by atoms with Crippen molar-refractivity contribution >= 4 is 0 Å². The van der Waals surface area contributed by atoms with Gasteiger partial charge < -0.3 is 9.73 Å². The Labute approximate surface area is 105 Å². The van der Waals surface area contributed by atoms with Gasteiger partial charge in [-0.25, -0.2) is 9.37 Å². The summed E-state index contributed by atoms with van der Waals surface area (Å²) >= 11 is 0. The molecule has 0 radical (unpaired) electrons. The van der Waals surface area contributed by atoms with Gasteiger partial charge in [0.2, 0.25) is 5.89 Å². The van der Waals surface area contributed by atoms with Crippen molar-refractivity contribution in [3.05, 3.63) is 41.7 Å². The zero-order chi connectivity index (χ0) is 12.5. The number of aryl methyl sites for hydroxylation is 1. The van der Waals surface area contributed by atoms with Crippen molar-refractivity contribution in [2.75, 3.05) is 0 Å². The molecular formula is C14H15FN2O. The number of nitrogens with one attached hydrogen (secondary N) is 1. The molecule has 3 rings (SSSR count). The van der Waals surface area contributed by atoms with E-state index >= 15 is 0 Å². The molecule has 1 fully saturated rings. The molecule has 0 unspecified atom stereocenters. The van der Waals surface area contributed by atoms with Gasteiger partial charge in [0, 0.05) is 11.6 Å². The molecule has 18 heavy (non-hydrogen) atoms. The number of hydrogen-bond acceptors (Lipinski definition) is 3. The Morgan fingerprint density at radius 1 is 1.44 bits per heavy atom. The second kappa shape index (κ2) is 4.53. The van der Waals surface area contributed by atoms with Gasteiger partial charge in [-0.05, 0) is 31.4 Å². The zero-order valence-electron chi connectivity index (χ0n) is 10.2. The number of oxazole rings is 1. The number of aromatic nitrogens is 1. The molecular weight excluding hydrogens is 231 g/mol. The van der Waals surface area contributed by atoms with Crippen LogP contribution in [0.5, 0.6) is 0 Å². The fraction of sp³-hybridized carbons (Fsp3) is 0.357. The first kappa shape index (κ1) is 11.4. The lowest BCUT2D eigenvalue weighted by Crippen LogP contribution is -2.15. The van der Waals surface area contributed by atoms with E-state index in [9.17, 15) is 4.39 Å². The van der Waals surface area contributed by atoms with Gasteiger partial charge in [-0.1, -0.05) is 12.1 Å². The molecule has 2 aromatic rings. The quantitative estimate of drug-likeness (QED) is 0.901. The molecule has 1 N–H and O–H groups in total. The van der Waals surface area contributed by atoms with Crippen molar-refractivity contribution in [2.45, 2.75) is 32.4 Å². The van der Waals surface area contributed by atoms with E-state index < -0.39 is 0 Å². The Morgan fingerprint density at radius 2 is 2.28 bits per heavy atom. The summed E-state index contributed by atoms with van der Waals surface area (Å²) in [6, 6.07) is 5.69. The van der Waals surface area contributed by atoms with Crippen LogP contribution in [-0.2, 0) is 6.54 Å². The van der Waals surface area contributed by atoms with Crippen molar-refractivity contribution < 1.29 is 8.81 Å². The highest BCUT2D eigenvalue weighted by Crippen LogP contribution is 2.23. The topological polar surface area (TPSA) is 38.1 Å². The first-order chi connectivity index (χ1) is 8.72. The number of benzene rings is 1. The summed E-state index contributed by atoms with van der Waals surface area (Å²) in [6.07, 6.45) is 4.11. The van der Waals surface area contributed by atoms with Crippen LogP contribution < -0.4 is 5.32 Å². The van der Waals surface area contributed by atoms with Gasteiger partial charge in [0.15, 0.2) is 5.76 Å². The highest BCUT2D eigenvalue weighted by molar-refractivity contribution is 5.56. The van der Waals surface area contributed by atoms with Crippen LogP contribution in [0.3, 0.4) is 0 Å². The Kier molecular flexibility index (Phi) is 2.88. The van der Waals surface area contributed by atoms with Crippen LogP contribution in [-0.4, -0.2) is 11.0 Å². The van der Waals surface area contributed by atoms with Gasteiger partial charge in [-0.3, -0.25) is 0 Å². The second-order valence-electron chi connectivity index (χ2n) is 4.74. The van der Waals surface area contributed by atoms with E-state index in [1.165, 1.54) is 18.9 Å². The Morgan fingerprint density at radius 3 is 3.00 bits per heavy atom. The highest BCUT2D eigenvalue weighted by Gasteiger charge is 2.21. The van der Waals surface area contributed by atoms with E-state index in [1.54, 1.807) is 19.2 Å². The van der Waals surface area contributed by atoms with Crippen LogP contribution in [0.2, 0.25) is 0 Å². The molecule has 0 aliphatic heterocycles. The molecule has 1 aliphatic carbocycles. The van der Waals surface area contributed by atoms with Crippen molar-refractivity contribution in [3.8, 4) is 11.3 Å². The monoisotopic (exact) mass is 246 g/mol. The van der Waals surface area contributed by atoms with E-state index in [1.807, 2.05) is 6.07 Å². The Hall–Kier alpha value is -1.68. The van der Waals surface area contributed by atoms with Crippen LogP contribution >= 0.6 is 0 Å². The van der Waals surface area contributed by atoms with E-state index in [4.69, 9.17) is 4.42 Å². The maximum atomic E-state index is 13.5. The van der Waals surface area contributed by atoms with Crippen molar-refractivity contribution in [3.63, 3.8) is 0 Å². The lowest BCUT2D eigenvalue weighted by molar-refractivity contribution is 0.476. The van der Waals surface area contributed by atoms with E-state index in [0.29, 0.717) is 29.8 Å². The fourth-order valence-corrected chi connectivity index (χ4v) is 1.79. The maximum absolute atomic E-state index is 13.5. The summed E-state index contributed by atoms with van der Waals surface area (Å²) in [5, 5.41) is 3.33. The predicted octanol–water partition coefficient (Wildman–Crippen LogP) is 3.04. The molecule has 1 aromatic heterocycles. The van der Waals surface area contributed by atoms with Gasteiger partial charge in [0.05, 0.1) is 12.7 Å². The Bertz CT molecular complexity index is 561. The van der Waals surface area contributed by atoms with E-state index in [-0.39, 0.29) is 5.82 Å². The van der Waals surface area contributed by atoms with Gasteiger partial charge in [0.1, 0.15) is 5.82 Å². The number of rotatable bonds is 4. The average Bonchev–Trinajstić information content (AvgIpc) is 3.08. The first-order valence-corrected chi connectivity index (χ1v) is 6.17. The molecule has 0 bridgehead atoms.